The van der Waals surface area contributed by atoms with Crippen molar-refractivity contribution in [2.75, 3.05) is 0 Å². The first-order valence-corrected chi connectivity index (χ1v) is 44.3. The molecule has 0 atom stereocenters. The first kappa shape index (κ1) is 83.6. The van der Waals surface area contributed by atoms with E-state index in [-0.39, 0.29) is 0 Å². The summed E-state index contributed by atoms with van der Waals surface area (Å²) in [7, 11) is 0. The Labute approximate surface area is 690 Å². The predicted molar refractivity (Wildman–Crippen MR) is 522 cm³/mol. The third-order valence-corrected chi connectivity index (χ3v) is 23.0. The van der Waals surface area contributed by atoms with Gasteiger partial charge in [-0.05, 0) is 213 Å². The third-order valence-electron chi connectivity index (χ3n) is 23.0. The predicted octanol–water partition coefficient (Wildman–Crippen LogP) is 34.6. The summed E-state index contributed by atoms with van der Waals surface area (Å²) in [5, 5.41) is 30.1. The van der Waals surface area contributed by atoms with Crippen molar-refractivity contribution in [3.8, 4) is 33.4 Å². The second-order valence-electron chi connectivity index (χ2n) is 27.5. The third kappa shape index (κ3) is 13.7. The summed E-state index contributed by atoms with van der Waals surface area (Å²) in [6.07, 6.45) is 2.99. The molecule has 17 aromatic carbocycles. The van der Waals surface area contributed by atoms with Gasteiger partial charge in [-0.3, -0.25) is 0 Å². The van der Waals surface area contributed by atoms with Gasteiger partial charge in [-0.15, -0.1) is 0 Å². The lowest BCUT2D eigenvalue weighted by Gasteiger charge is -2.13. The summed E-state index contributed by atoms with van der Waals surface area (Å²) >= 11 is 0. The Balaban J connectivity index is 0.000000146. The van der Waals surface area contributed by atoms with Crippen molar-refractivity contribution in [3.05, 3.63) is 312 Å². The molecule has 3 heteroatoms. The maximum absolute atomic E-state index is 2.54. The quantitative estimate of drug-likeness (QED) is 0.157. The summed E-state index contributed by atoms with van der Waals surface area (Å²) in [5.41, 5.74) is 25.6. The SMILES string of the molecule is CC.CC.CC.CC.CC.CC.CC.CC.CC.CCn1c2cc3ccccc3cc2c2c3c(ccc21)-c1c(c2ccccc2c2ccccc12)C3.CCn1c2ccc3c(c2c2ccc4ccccc4c21)Cc1c-3ccc2ccccc12.CCn1c2ccc3ccccc3c2c2c3c(c4ccccc4c21)-c1c(ccc2ccccc12)C3. The highest BCUT2D eigenvalue weighted by atomic mass is 15.0. The molecule has 0 N–H and O–H groups in total. The Kier molecular flexibility index (Phi) is 27.2. The Morgan fingerprint density at radius 1 is 0.198 bits per heavy atom. The van der Waals surface area contributed by atoms with E-state index < -0.39 is 0 Å². The number of hydrogen-bond donors (Lipinski definition) is 0. The molecule has 3 nitrogen and oxygen atoms in total. The normalized spacial score (nSPS) is 11.3. The molecule has 588 valence electrons. The minimum atomic E-state index is 0.955. The second-order valence-corrected chi connectivity index (χ2v) is 27.5. The van der Waals surface area contributed by atoms with E-state index in [2.05, 4.69) is 314 Å². The molecule has 0 aliphatic heterocycles. The summed E-state index contributed by atoms with van der Waals surface area (Å²) in [4.78, 5) is 0. The maximum atomic E-state index is 2.54. The smallest absolute Gasteiger partial charge is 0.0574 e. The van der Waals surface area contributed by atoms with Gasteiger partial charge in [-0.25, -0.2) is 0 Å². The molecule has 3 heterocycles. The van der Waals surface area contributed by atoms with E-state index in [1.165, 1.54) is 218 Å². The van der Waals surface area contributed by atoms with Crippen LogP contribution >= 0.6 is 0 Å². The molecular formula is C113H121N3. The van der Waals surface area contributed by atoms with Crippen molar-refractivity contribution in [2.24, 2.45) is 0 Å². The van der Waals surface area contributed by atoms with Gasteiger partial charge in [-0.2, -0.15) is 0 Å². The van der Waals surface area contributed by atoms with Gasteiger partial charge >= 0.3 is 0 Å². The molecule has 116 heavy (non-hydrogen) atoms. The van der Waals surface area contributed by atoms with E-state index in [0.29, 0.717) is 0 Å². The average Bonchev–Trinajstić information content (AvgIpc) is 1.57. The molecule has 0 amide bonds. The molecule has 3 aromatic heterocycles. The first-order chi connectivity index (χ1) is 57.5. The zero-order valence-electron chi connectivity index (χ0n) is 73.1. The zero-order valence-corrected chi connectivity index (χ0v) is 73.1. The highest BCUT2D eigenvalue weighted by molar-refractivity contribution is 6.31. The van der Waals surface area contributed by atoms with Gasteiger partial charge in [0.05, 0.1) is 11.0 Å². The van der Waals surface area contributed by atoms with Gasteiger partial charge < -0.3 is 13.7 Å². The molecule has 0 fully saturated rings. The second kappa shape index (κ2) is 37.7. The van der Waals surface area contributed by atoms with Gasteiger partial charge in [0.25, 0.3) is 0 Å². The highest BCUT2D eigenvalue weighted by Gasteiger charge is 2.32. The number of aryl methyl sites for hydroxylation is 3. The van der Waals surface area contributed by atoms with Gasteiger partial charge in [0.2, 0.25) is 0 Å². The molecule has 20 aromatic rings. The minimum absolute atomic E-state index is 0.955. The fraction of sp³-hybridized carbons (Fsp3) is 0.239. The molecule has 23 rings (SSSR count). The Hall–Kier alpha value is -11.8. The van der Waals surface area contributed by atoms with Crippen molar-refractivity contribution in [1.82, 2.24) is 13.7 Å². The van der Waals surface area contributed by atoms with Gasteiger partial charge in [0, 0.05) is 84.8 Å². The van der Waals surface area contributed by atoms with Crippen molar-refractivity contribution in [2.45, 2.75) is 184 Å². The lowest BCUT2D eigenvalue weighted by Crippen LogP contribution is -1.95. The summed E-state index contributed by atoms with van der Waals surface area (Å²) in [6, 6.07) is 104. The minimum Gasteiger partial charge on any atom is -0.341 e. The molecule has 0 saturated carbocycles. The Morgan fingerprint density at radius 3 is 1.19 bits per heavy atom. The fourth-order valence-corrected chi connectivity index (χ4v) is 19.0. The van der Waals surface area contributed by atoms with E-state index in [1.807, 2.05) is 125 Å². The molecule has 3 aliphatic carbocycles. The zero-order chi connectivity index (χ0) is 82.6. The van der Waals surface area contributed by atoms with E-state index in [9.17, 15) is 0 Å². The van der Waals surface area contributed by atoms with Crippen LogP contribution < -0.4 is 0 Å². The van der Waals surface area contributed by atoms with Gasteiger partial charge in [-0.1, -0.05) is 373 Å². The largest absolute Gasteiger partial charge is 0.341 e. The number of nitrogens with zero attached hydrogens (tertiary/aromatic N) is 3. The molecule has 3 aliphatic rings. The van der Waals surface area contributed by atoms with Crippen LogP contribution in [0.1, 0.15) is 179 Å². The summed E-state index contributed by atoms with van der Waals surface area (Å²) < 4.78 is 7.55. The van der Waals surface area contributed by atoms with Crippen LogP contribution in [-0.4, -0.2) is 13.7 Å². The summed E-state index contributed by atoms with van der Waals surface area (Å²) in [6.45, 7) is 45.7. The number of hydrogen-bond acceptors (Lipinski definition) is 0. The molecule has 0 unspecified atom stereocenters. The topological polar surface area (TPSA) is 14.8 Å². The van der Waals surface area contributed by atoms with Crippen LogP contribution in [0.3, 0.4) is 0 Å². The van der Waals surface area contributed by atoms with Crippen LogP contribution in [-0.2, 0) is 38.9 Å². The Bertz CT molecular complexity index is 6900. The first-order valence-electron chi connectivity index (χ1n) is 44.3. The standard InChI is InChI=1S/2C33H23N.C29H21N.9C2H6/c1-2-34-28-18-17-21-10-4-6-12-24(21)31(28)32-27-19-22-16-15-20-9-3-5-11-23(20)29(22)30(27)25-13-7-8-14-26(25)33(32)34;1-2-34-30-16-15-26-28(33(30)29-17-20-9-3-4-10-21(20)18-31(29)34)19-27-24-13-6-5-11-22(24)23-12-7-8-14-25(23)32(26)27;1-2-30-27-16-15-23-22-13-11-18-7-3-5-9-20(18)25(22)17-26(23)28(27)24-14-12-19-8-4-6-10-21(19)29(24)30;9*1-2/h2*3-18H,2,19H2,1H3;3-16H,2,17H2,1H3;9*1-2H3. The highest BCUT2D eigenvalue weighted by Crippen LogP contribution is 2.54. The summed E-state index contributed by atoms with van der Waals surface area (Å²) in [5.74, 6) is 0. The van der Waals surface area contributed by atoms with Crippen molar-refractivity contribution < 1.29 is 0 Å². The number of fused-ring (bicyclic) bond motifs is 38. The van der Waals surface area contributed by atoms with Crippen molar-refractivity contribution >= 4 is 152 Å². The van der Waals surface area contributed by atoms with Crippen molar-refractivity contribution in [1.29, 1.82) is 0 Å². The Morgan fingerprint density at radius 2 is 0.578 bits per heavy atom. The monoisotopic (exact) mass is 1520 g/mol. The lowest BCUT2D eigenvalue weighted by atomic mass is 9.91. The van der Waals surface area contributed by atoms with Gasteiger partial charge in [0.15, 0.2) is 0 Å². The van der Waals surface area contributed by atoms with E-state index in [0.717, 1.165) is 38.9 Å². The average molecular weight is 1520 g/mol. The fourth-order valence-electron chi connectivity index (χ4n) is 19.0. The molecule has 0 spiro atoms. The number of rotatable bonds is 3. The molecule has 0 bridgehead atoms. The molecule has 0 radical (unpaired) electrons. The van der Waals surface area contributed by atoms with Crippen molar-refractivity contribution in [3.63, 3.8) is 0 Å². The maximum Gasteiger partial charge on any atom is 0.0574 e. The molecular weight excluding hydrogens is 1400 g/mol. The van der Waals surface area contributed by atoms with Crippen LogP contribution in [0.15, 0.2) is 279 Å². The molecule has 0 saturated heterocycles. The van der Waals surface area contributed by atoms with E-state index in [1.54, 1.807) is 0 Å². The number of benzene rings is 17. The van der Waals surface area contributed by atoms with Crippen LogP contribution in [0.5, 0.6) is 0 Å². The van der Waals surface area contributed by atoms with E-state index in [4.69, 9.17) is 0 Å². The lowest BCUT2D eigenvalue weighted by molar-refractivity contribution is 0.827. The van der Waals surface area contributed by atoms with Crippen LogP contribution in [0.4, 0.5) is 0 Å². The van der Waals surface area contributed by atoms with Crippen LogP contribution in [0.2, 0.25) is 0 Å². The number of aromatic nitrogens is 3. The van der Waals surface area contributed by atoms with E-state index >= 15 is 0 Å². The van der Waals surface area contributed by atoms with Crippen LogP contribution in [0.25, 0.3) is 185 Å². The van der Waals surface area contributed by atoms with Gasteiger partial charge in [0.1, 0.15) is 0 Å². The van der Waals surface area contributed by atoms with Crippen LogP contribution in [0, 0.1) is 0 Å².